The van der Waals surface area contributed by atoms with E-state index in [9.17, 15) is 4.79 Å². The van der Waals surface area contributed by atoms with Gasteiger partial charge in [-0.15, -0.1) is 0 Å². The molecule has 3 heteroatoms. The van der Waals surface area contributed by atoms with E-state index in [1.165, 1.54) is 11.1 Å². The lowest BCUT2D eigenvalue weighted by molar-refractivity contribution is 0.112. The molecule has 0 unspecified atom stereocenters. The van der Waals surface area contributed by atoms with Gasteiger partial charge in [0, 0.05) is 11.3 Å². The molecule has 0 fully saturated rings. The summed E-state index contributed by atoms with van der Waals surface area (Å²) < 4.78 is 0. The molecule has 2 nitrogen and oxygen atoms in total. The number of benzene rings is 2. The Morgan fingerprint density at radius 1 is 1.00 bits per heavy atom. The Hall–Kier alpha value is -2.03. The molecule has 2 aromatic rings. The van der Waals surface area contributed by atoms with Gasteiger partial charge in [-0.3, -0.25) is 4.79 Å². The first-order chi connectivity index (χ1) is 9.33. The van der Waals surface area contributed by atoms with Crippen LogP contribution in [0.3, 0.4) is 0 Å². The van der Waals surface area contributed by atoms with Crippen molar-refractivity contribution >= 4 is 20.0 Å². The number of anilines is 1. The van der Waals surface area contributed by atoms with Crippen LogP contribution < -0.4 is 5.23 Å². The van der Waals surface area contributed by atoms with Crippen LogP contribution in [0.2, 0.25) is 0 Å². The molecule has 2 aromatic carbocycles. The molecule has 19 heavy (non-hydrogen) atoms. The fraction of sp³-hybridized carbons (Fsp3) is 0.188. The molecule has 0 saturated carbocycles. The maximum absolute atomic E-state index is 10.8. The number of nitrogens with one attached hydrogen (secondary N) is 1. The SMILES string of the molecule is [B]Nc1cc(CCCc2ccccc2)ccc1C=O. The molecule has 0 saturated heterocycles. The quantitative estimate of drug-likeness (QED) is 0.629. The largest absolute Gasteiger partial charge is 0.437 e. The molecule has 1 N–H and O–H groups in total. The maximum Gasteiger partial charge on any atom is 0.222 e. The van der Waals surface area contributed by atoms with Crippen molar-refractivity contribution in [3.63, 3.8) is 0 Å². The van der Waals surface area contributed by atoms with Crippen molar-refractivity contribution in [1.82, 2.24) is 0 Å². The lowest BCUT2D eigenvalue weighted by Crippen LogP contribution is -1.98. The van der Waals surface area contributed by atoms with Gasteiger partial charge in [0.25, 0.3) is 0 Å². The van der Waals surface area contributed by atoms with E-state index < -0.39 is 0 Å². The summed E-state index contributed by atoms with van der Waals surface area (Å²) in [7, 11) is 5.41. The summed E-state index contributed by atoms with van der Waals surface area (Å²) in [6.07, 6.45) is 3.92. The van der Waals surface area contributed by atoms with Crippen molar-refractivity contribution in [3.8, 4) is 0 Å². The van der Waals surface area contributed by atoms with E-state index in [1.807, 2.05) is 18.2 Å². The van der Waals surface area contributed by atoms with Gasteiger partial charge >= 0.3 is 0 Å². The molecule has 0 spiro atoms. The van der Waals surface area contributed by atoms with Crippen molar-refractivity contribution < 1.29 is 4.79 Å². The highest BCUT2D eigenvalue weighted by Gasteiger charge is 2.01. The van der Waals surface area contributed by atoms with Gasteiger partial charge in [0.1, 0.15) is 0 Å². The topological polar surface area (TPSA) is 29.1 Å². The number of aldehydes is 1. The molecule has 0 aromatic heterocycles. The third-order valence-electron chi connectivity index (χ3n) is 3.17. The van der Waals surface area contributed by atoms with Crippen LogP contribution in [0.1, 0.15) is 27.9 Å². The fourth-order valence-corrected chi connectivity index (χ4v) is 2.13. The van der Waals surface area contributed by atoms with Gasteiger partial charge in [0.15, 0.2) is 6.29 Å². The van der Waals surface area contributed by atoms with E-state index >= 15 is 0 Å². The molecule has 0 bridgehead atoms. The van der Waals surface area contributed by atoms with Gasteiger partial charge in [0.2, 0.25) is 7.98 Å². The zero-order valence-corrected chi connectivity index (χ0v) is 10.8. The van der Waals surface area contributed by atoms with Gasteiger partial charge in [-0.1, -0.05) is 36.4 Å². The van der Waals surface area contributed by atoms with E-state index in [4.69, 9.17) is 7.98 Å². The first-order valence-corrected chi connectivity index (χ1v) is 6.42. The second-order valence-corrected chi connectivity index (χ2v) is 4.52. The standard InChI is InChI=1S/C16H16BNO/c17-18-16-11-14(9-10-15(16)12-19)8-4-7-13-5-2-1-3-6-13/h1-3,5-6,9-12,18H,4,7-8H2. The Bertz CT molecular complexity index is 540. The van der Waals surface area contributed by atoms with E-state index in [0.717, 1.165) is 25.5 Å². The third-order valence-corrected chi connectivity index (χ3v) is 3.17. The number of carbonyl (C=O) groups is 1. The fourth-order valence-electron chi connectivity index (χ4n) is 2.13. The Balaban J connectivity index is 1.94. The first-order valence-electron chi connectivity index (χ1n) is 6.42. The molecule has 2 rings (SSSR count). The molecule has 0 aliphatic rings. The Morgan fingerprint density at radius 3 is 2.42 bits per heavy atom. The first kappa shape index (κ1) is 13.4. The summed E-state index contributed by atoms with van der Waals surface area (Å²) in [5, 5.41) is 2.56. The Labute approximate surface area is 115 Å². The number of carbonyl (C=O) groups excluding carboxylic acids is 1. The van der Waals surface area contributed by atoms with Gasteiger partial charge < -0.3 is 5.23 Å². The van der Waals surface area contributed by atoms with Crippen LogP contribution in [-0.2, 0) is 12.8 Å². The zero-order valence-electron chi connectivity index (χ0n) is 10.8. The van der Waals surface area contributed by atoms with Crippen LogP contribution in [0, 0.1) is 0 Å². The molecule has 0 heterocycles. The second-order valence-electron chi connectivity index (χ2n) is 4.52. The molecular weight excluding hydrogens is 233 g/mol. The maximum atomic E-state index is 10.8. The van der Waals surface area contributed by atoms with Crippen LogP contribution in [-0.4, -0.2) is 14.3 Å². The minimum Gasteiger partial charge on any atom is -0.437 e. The predicted molar refractivity (Wildman–Crippen MR) is 79.7 cm³/mol. The third kappa shape index (κ3) is 3.72. The lowest BCUT2D eigenvalue weighted by atomic mass is 10.0. The average molecular weight is 249 g/mol. The van der Waals surface area contributed by atoms with Crippen molar-refractivity contribution in [3.05, 3.63) is 65.2 Å². The van der Waals surface area contributed by atoms with E-state index in [-0.39, 0.29) is 0 Å². The van der Waals surface area contributed by atoms with Crippen LogP contribution in [0.5, 0.6) is 0 Å². The molecule has 0 atom stereocenters. The summed E-state index contributed by atoms with van der Waals surface area (Å²) in [5.74, 6) is 0. The number of hydrogen-bond donors (Lipinski definition) is 1. The number of rotatable bonds is 6. The van der Waals surface area contributed by atoms with Crippen molar-refractivity contribution in [2.24, 2.45) is 0 Å². The molecule has 94 valence electrons. The minimum atomic E-state index is 0.592. The predicted octanol–water partition coefficient (Wildman–Crippen LogP) is 3.17. The Kier molecular flexibility index (Phi) is 4.79. The average Bonchev–Trinajstić information content (AvgIpc) is 2.48. The Morgan fingerprint density at radius 2 is 1.74 bits per heavy atom. The van der Waals surface area contributed by atoms with Crippen molar-refractivity contribution in [2.45, 2.75) is 19.3 Å². The molecule has 2 radical (unpaired) electrons. The minimum absolute atomic E-state index is 0.592. The van der Waals surface area contributed by atoms with Crippen LogP contribution >= 0.6 is 0 Å². The summed E-state index contributed by atoms with van der Waals surface area (Å²) in [5.41, 5.74) is 3.82. The van der Waals surface area contributed by atoms with Crippen LogP contribution in [0.15, 0.2) is 48.5 Å². The summed E-state index contributed by atoms with van der Waals surface area (Å²) in [6.45, 7) is 0. The summed E-state index contributed by atoms with van der Waals surface area (Å²) >= 11 is 0. The summed E-state index contributed by atoms with van der Waals surface area (Å²) in [4.78, 5) is 10.8. The molecule has 0 amide bonds. The van der Waals surface area contributed by atoms with Gasteiger partial charge in [-0.25, -0.2) is 0 Å². The van der Waals surface area contributed by atoms with Crippen molar-refractivity contribution in [2.75, 3.05) is 5.23 Å². The lowest BCUT2D eigenvalue weighted by Gasteiger charge is -2.08. The van der Waals surface area contributed by atoms with E-state index in [0.29, 0.717) is 11.3 Å². The zero-order chi connectivity index (χ0) is 13.5. The van der Waals surface area contributed by atoms with Gasteiger partial charge in [-0.2, -0.15) is 0 Å². The number of hydrogen-bond acceptors (Lipinski definition) is 2. The van der Waals surface area contributed by atoms with Crippen molar-refractivity contribution in [1.29, 1.82) is 0 Å². The van der Waals surface area contributed by atoms with Crippen LogP contribution in [0.4, 0.5) is 5.69 Å². The molecule has 0 aliphatic carbocycles. The summed E-state index contributed by atoms with van der Waals surface area (Å²) in [6, 6.07) is 16.2. The monoisotopic (exact) mass is 249 g/mol. The highest BCUT2D eigenvalue weighted by molar-refractivity contribution is 6.17. The second kappa shape index (κ2) is 6.79. The number of aryl methyl sites for hydroxylation is 2. The molecular formula is C16H16BNO. The van der Waals surface area contributed by atoms with Crippen LogP contribution in [0.25, 0.3) is 0 Å². The molecule has 0 aliphatic heterocycles. The normalized spacial score (nSPS) is 10.1. The van der Waals surface area contributed by atoms with Gasteiger partial charge in [-0.05, 0) is 42.5 Å². The van der Waals surface area contributed by atoms with Gasteiger partial charge in [0.05, 0.1) is 0 Å². The highest BCUT2D eigenvalue weighted by Crippen LogP contribution is 2.17. The highest BCUT2D eigenvalue weighted by atomic mass is 16.1. The van der Waals surface area contributed by atoms with E-state index in [1.54, 1.807) is 6.07 Å². The van der Waals surface area contributed by atoms with E-state index in [2.05, 4.69) is 29.5 Å². The smallest absolute Gasteiger partial charge is 0.222 e.